The highest BCUT2D eigenvalue weighted by molar-refractivity contribution is 7.80. The summed E-state index contributed by atoms with van der Waals surface area (Å²) in [5, 5.41) is 4.76. The fourth-order valence-corrected chi connectivity index (χ4v) is 1.27. The van der Waals surface area contributed by atoms with Crippen molar-refractivity contribution in [3.05, 3.63) is 34.9 Å². The first-order chi connectivity index (χ1) is 6.61. The van der Waals surface area contributed by atoms with Crippen molar-refractivity contribution in [3.63, 3.8) is 0 Å². The summed E-state index contributed by atoms with van der Waals surface area (Å²) in [5.74, 6) is 0. The van der Waals surface area contributed by atoms with Crippen molar-refractivity contribution in [1.29, 1.82) is 0 Å². The number of hydrogen-bond acceptors (Lipinski definition) is 2. The van der Waals surface area contributed by atoms with Crippen molar-refractivity contribution >= 4 is 34.6 Å². The first-order valence-electron chi connectivity index (χ1n) is 3.96. The van der Waals surface area contributed by atoms with Crippen LogP contribution in [0, 0.1) is 0 Å². The molecule has 1 rings (SSSR count). The molecule has 0 atom stereocenters. The summed E-state index contributed by atoms with van der Waals surface area (Å²) in [6.07, 6.45) is 0. The van der Waals surface area contributed by atoms with Crippen molar-refractivity contribution in [3.8, 4) is 0 Å². The number of rotatable bonds is 2. The number of nitrogens with two attached hydrogens (primary N) is 1. The van der Waals surface area contributed by atoms with Crippen molar-refractivity contribution in [2.24, 2.45) is 10.8 Å². The molecule has 0 amide bonds. The lowest BCUT2D eigenvalue weighted by Crippen LogP contribution is -2.25. The van der Waals surface area contributed by atoms with Gasteiger partial charge in [-0.05, 0) is 25.2 Å². The Morgan fingerprint density at radius 2 is 2.14 bits per heavy atom. The Morgan fingerprint density at radius 1 is 1.50 bits per heavy atom. The number of hydrazone groups is 1. The fourth-order valence-electron chi connectivity index (χ4n) is 0.954. The molecule has 14 heavy (non-hydrogen) atoms. The highest BCUT2D eigenvalue weighted by atomic mass is 35.5. The van der Waals surface area contributed by atoms with Crippen LogP contribution >= 0.6 is 23.8 Å². The van der Waals surface area contributed by atoms with Crippen LogP contribution in [-0.2, 0) is 0 Å². The third-order valence-corrected chi connectivity index (χ3v) is 2.02. The molecule has 1 aromatic rings. The average molecular weight is 228 g/mol. The van der Waals surface area contributed by atoms with E-state index in [4.69, 9.17) is 17.3 Å². The molecule has 0 unspecified atom stereocenters. The van der Waals surface area contributed by atoms with Gasteiger partial charge >= 0.3 is 0 Å². The highest BCUT2D eigenvalue weighted by Gasteiger charge is 2.01. The van der Waals surface area contributed by atoms with E-state index >= 15 is 0 Å². The largest absolute Gasteiger partial charge is 0.375 e. The van der Waals surface area contributed by atoms with Crippen molar-refractivity contribution in [2.45, 2.75) is 6.92 Å². The lowest BCUT2D eigenvalue weighted by Gasteiger charge is -2.03. The Bertz CT molecular complexity index is 376. The van der Waals surface area contributed by atoms with Gasteiger partial charge in [0.25, 0.3) is 0 Å². The quantitative estimate of drug-likeness (QED) is 0.461. The highest BCUT2D eigenvalue weighted by Crippen LogP contribution is 2.15. The maximum atomic E-state index is 5.96. The molecule has 0 aliphatic heterocycles. The zero-order valence-electron chi connectivity index (χ0n) is 7.62. The minimum atomic E-state index is 0.136. The Kier molecular flexibility index (Phi) is 3.85. The average Bonchev–Trinajstić information content (AvgIpc) is 2.15. The number of nitrogens with one attached hydrogen (secondary N) is 1. The molecule has 0 saturated carbocycles. The van der Waals surface area contributed by atoms with E-state index in [1.807, 2.05) is 25.1 Å². The summed E-state index contributed by atoms with van der Waals surface area (Å²) in [4.78, 5) is 0. The molecule has 0 radical (unpaired) electrons. The van der Waals surface area contributed by atoms with Crippen LogP contribution in [0.4, 0.5) is 0 Å². The van der Waals surface area contributed by atoms with Crippen LogP contribution in [0.3, 0.4) is 0 Å². The summed E-state index contributed by atoms with van der Waals surface area (Å²) < 4.78 is 0. The fraction of sp³-hybridized carbons (Fsp3) is 0.111. The molecule has 5 heteroatoms. The first kappa shape index (κ1) is 10.9. The van der Waals surface area contributed by atoms with E-state index in [0.717, 1.165) is 11.3 Å². The van der Waals surface area contributed by atoms with Gasteiger partial charge in [0.1, 0.15) is 0 Å². The SMILES string of the molecule is C/C(=N/NC(N)=S)c1ccccc1Cl. The molecule has 1 aromatic carbocycles. The zero-order valence-corrected chi connectivity index (χ0v) is 9.19. The van der Waals surface area contributed by atoms with Gasteiger partial charge < -0.3 is 5.73 Å². The van der Waals surface area contributed by atoms with E-state index in [-0.39, 0.29) is 5.11 Å². The summed E-state index contributed by atoms with van der Waals surface area (Å²) >= 11 is 10.6. The zero-order chi connectivity index (χ0) is 10.6. The van der Waals surface area contributed by atoms with E-state index in [9.17, 15) is 0 Å². The van der Waals surface area contributed by atoms with E-state index in [1.165, 1.54) is 0 Å². The minimum absolute atomic E-state index is 0.136. The lowest BCUT2D eigenvalue weighted by molar-refractivity contribution is 1.03. The molecule has 0 aromatic heterocycles. The summed E-state index contributed by atoms with van der Waals surface area (Å²) in [6, 6.07) is 7.43. The van der Waals surface area contributed by atoms with Gasteiger partial charge in [0, 0.05) is 10.6 Å². The summed E-state index contributed by atoms with van der Waals surface area (Å²) in [5.41, 5.74) is 9.35. The Morgan fingerprint density at radius 3 is 2.71 bits per heavy atom. The Labute approximate surface area is 92.9 Å². The van der Waals surface area contributed by atoms with Crippen molar-refractivity contribution < 1.29 is 0 Å². The van der Waals surface area contributed by atoms with Crippen LogP contribution in [0.15, 0.2) is 29.4 Å². The number of nitrogens with zero attached hydrogens (tertiary/aromatic N) is 1. The van der Waals surface area contributed by atoms with Crippen LogP contribution in [0.5, 0.6) is 0 Å². The minimum Gasteiger partial charge on any atom is -0.375 e. The van der Waals surface area contributed by atoms with Gasteiger partial charge in [0.15, 0.2) is 5.11 Å². The normalized spacial score (nSPS) is 11.1. The molecule has 0 heterocycles. The maximum absolute atomic E-state index is 5.96. The molecule has 74 valence electrons. The molecule has 0 spiro atoms. The van der Waals surface area contributed by atoms with Crippen LogP contribution < -0.4 is 11.2 Å². The summed E-state index contributed by atoms with van der Waals surface area (Å²) in [7, 11) is 0. The van der Waals surface area contributed by atoms with Gasteiger partial charge in [-0.25, -0.2) is 0 Å². The number of benzene rings is 1. The van der Waals surface area contributed by atoms with Crippen LogP contribution in [0.1, 0.15) is 12.5 Å². The molecule has 0 saturated heterocycles. The maximum Gasteiger partial charge on any atom is 0.184 e. The summed E-state index contributed by atoms with van der Waals surface area (Å²) in [6.45, 7) is 1.83. The first-order valence-corrected chi connectivity index (χ1v) is 4.74. The van der Waals surface area contributed by atoms with E-state index < -0.39 is 0 Å². The van der Waals surface area contributed by atoms with Crippen LogP contribution in [-0.4, -0.2) is 10.8 Å². The van der Waals surface area contributed by atoms with Crippen LogP contribution in [0.25, 0.3) is 0 Å². The second-order valence-electron chi connectivity index (χ2n) is 2.65. The van der Waals surface area contributed by atoms with E-state index in [0.29, 0.717) is 5.02 Å². The van der Waals surface area contributed by atoms with Crippen molar-refractivity contribution in [2.75, 3.05) is 0 Å². The smallest absolute Gasteiger partial charge is 0.184 e. The van der Waals surface area contributed by atoms with Gasteiger partial charge in [0.05, 0.1) is 5.71 Å². The third-order valence-electron chi connectivity index (χ3n) is 1.60. The van der Waals surface area contributed by atoms with Crippen LogP contribution in [0.2, 0.25) is 5.02 Å². The number of thiocarbonyl (C=S) groups is 1. The van der Waals surface area contributed by atoms with Gasteiger partial charge in [0.2, 0.25) is 0 Å². The molecule has 0 fully saturated rings. The monoisotopic (exact) mass is 227 g/mol. The predicted octanol–water partition coefficient (Wildman–Crippen LogP) is 1.90. The standard InChI is InChI=1S/C9H10ClN3S/c1-6(12-13-9(11)14)7-4-2-3-5-8(7)10/h2-5H,1H3,(H3,11,13,14)/b12-6-. The Hall–Kier alpha value is -1.13. The van der Waals surface area contributed by atoms with Gasteiger partial charge in [-0.2, -0.15) is 5.10 Å². The molecule has 0 aliphatic rings. The molecule has 0 aliphatic carbocycles. The second kappa shape index (κ2) is 4.93. The molecule has 3 N–H and O–H groups in total. The number of halogens is 1. The number of hydrogen-bond donors (Lipinski definition) is 2. The Balaban J connectivity index is 2.89. The molecular formula is C9H10ClN3S. The van der Waals surface area contributed by atoms with E-state index in [1.54, 1.807) is 6.07 Å². The molecular weight excluding hydrogens is 218 g/mol. The van der Waals surface area contributed by atoms with Gasteiger partial charge in [-0.1, -0.05) is 29.8 Å². The lowest BCUT2D eigenvalue weighted by atomic mass is 10.1. The van der Waals surface area contributed by atoms with Gasteiger partial charge in [-0.3, -0.25) is 5.43 Å². The predicted molar refractivity (Wildman–Crippen MR) is 63.6 cm³/mol. The van der Waals surface area contributed by atoms with Gasteiger partial charge in [-0.15, -0.1) is 0 Å². The molecule has 3 nitrogen and oxygen atoms in total. The molecule has 0 bridgehead atoms. The topological polar surface area (TPSA) is 50.4 Å². The van der Waals surface area contributed by atoms with E-state index in [2.05, 4.69) is 22.7 Å². The second-order valence-corrected chi connectivity index (χ2v) is 3.50. The van der Waals surface area contributed by atoms with Crippen molar-refractivity contribution in [1.82, 2.24) is 5.43 Å². The third kappa shape index (κ3) is 2.97.